The Balaban J connectivity index is 3.13. The zero-order chi connectivity index (χ0) is 14.6. The Labute approximate surface area is 110 Å². The zero-order valence-corrected chi connectivity index (χ0v) is 10.8. The monoisotopic (exact) mass is 267 g/mol. The number of nitrogens with one attached hydrogen (secondary N) is 1. The molecule has 1 heterocycles. The standard InChI is InChI=1S/C11H17N5O3/c1-6(2)9(4-12)15-11-8(10(13)17)3-7(5-14-11)16(18)19/h3,5-6,9H,4,12H2,1-2H3,(H2,13,17)(H,14,15). The van der Waals surface area contributed by atoms with E-state index in [-0.39, 0.29) is 29.0 Å². The molecule has 0 saturated heterocycles. The molecule has 0 spiro atoms. The van der Waals surface area contributed by atoms with Crippen LogP contribution in [0.4, 0.5) is 11.5 Å². The van der Waals surface area contributed by atoms with Crippen LogP contribution in [0.1, 0.15) is 24.2 Å². The lowest BCUT2D eigenvalue weighted by Gasteiger charge is -2.21. The molecular formula is C11H17N5O3. The minimum Gasteiger partial charge on any atom is -0.365 e. The number of anilines is 1. The first-order chi connectivity index (χ1) is 8.86. The van der Waals surface area contributed by atoms with Crippen LogP contribution in [0.2, 0.25) is 0 Å². The van der Waals surface area contributed by atoms with Gasteiger partial charge in [0.2, 0.25) is 0 Å². The first-order valence-corrected chi connectivity index (χ1v) is 5.77. The predicted molar refractivity (Wildman–Crippen MR) is 70.7 cm³/mol. The lowest BCUT2D eigenvalue weighted by atomic mass is 10.0. The van der Waals surface area contributed by atoms with Crippen molar-refractivity contribution in [1.82, 2.24) is 4.98 Å². The summed E-state index contributed by atoms with van der Waals surface area (Å²) in [4.78, 5) is 25.2. The summed E-state index contributed by atoms with van der Waals surface area (Å²) >= 11 is 0. The molecule has 0 aliphatic heterocycles. The van der Waals surface area contributed by atoms with E-state index in [0.29, 0.717) is 6.54 Å². The molecule has 0 fully saturated rings. The van der Waals surface area contributed by atoms with Crippen LogP contribution >= 0.6 is 0 Å². The van der Waals surface area contributed by atoms with Crippen LogP contribution in [0.3, 0.4) is 0 Å². The zero-order valence-electron chi connectivity index (χ0n) is 10.8. The van der Waals surface area contributed by atoms with Gasteiger partial charge in [0.05, 0.1) is 10.5 Å². The topological polar surface area (TPSA) is 137 Å². The number of aromatic nitrogens is 1. The van der Waals surface area contributed by atoms with Crippen molar-refractivity contribution in [3.05, 3.63) is 27.9 Å². The first-order valence-electron chi connectivity index (χ1n) is 5.77. The molecule has 0 aliphatic rings. The van der Waals surface area contributed by atoms with Gasteiger partial charge in [0.25, 0.3) is 11.6 Å². The van der Waals surface area contributed by atoms with Gasteiger partial charge in [-0.15, -0.1) is 0 Å². The van der Waals surface area contributed by atoms with E-state index in [1.54, 1.807) is 0 Å². The predicted octanol–water partition coefficient (Wildman–Crippen LogP) is 0.484. The second-order valence-electron chi connectivity index (χ2n) is 4.44. The number of nitrogens with two attached hydrogens (primary N) is 2. The van der Waals surface area contributed by atoms with E-state index in [2.05, 4.69) is 10.3 Å². The number of nitrogens with zero attached hydrogens (tertiary/aromatic N) is 2. The Bertz CT molecular complexity index is 489. The maximum absolute atomic E-state index is 11.3. The molecular weight excluding hydrogens is 250 g/mol. The summed E-state index contributed by atoms with van der Waals surface area (Å²) in [7, 11) is 0. The van der Waals surface area contributed by atoms with Crippen LogP contribution in [0.15, 0.2) is 12.3 Å². The van der Waals surface area contributed by atoms with Gasteiger partial charge in [-0.2, -0.15) is 0 Å². The van der Waals surface area contributed by atoms with Crippen molar-refractivity contribution in [1.29, 1.82) is 0 Å². The third-order valence-corrected chi connectivity index (χ3v) is 2.73. The van der Waals surface area contributed by atoms with Gasteiger partial charge < -0.3 is 16.8 Å². The number of primary amides is 1. The Morgan fingerprint density at radius 1 is 1.58 bits per heavy atom. The summed E-state index contributed by atoms with van der Waals surface area (Å²) in [6.07, 6.45) is 1.07. The van der Waals surface area contributed by atoms with Gasteiger partial charge in [-0.3, -0.25) is 14.9 Å². The molecule has 19 heavy (non-hydrogen) atoms. The van der Waals surface area contributed by atoms with Crippen molar-refractivity contribution in [2.75, 3.05) is 11.9 Å². The van der Waals surface area contributed by atoms with Crippen LogP contribution in [0, 0.1) is 16.0 Å². The minimum absolute atomic E-state index is 0.0201. The van der Waals surface area contributed by atoms with Crippen molar-refractivity contribution in [2.45, 2.75) is 19.9 Å². The van der Waals surface area contributed by atoms with E-state index < -0.39 is 10.8 Å². The van der Waals surface area contributed by atoms with Crippen molar-refractivity contribution in [3.8, 4) is 0 Å². The van der Waals surface area contributed by atoms with Crippen LogP contribution in [-0.2, 0) is 0 Å². The van der Waals surface area contributed by atoms with E-state index in [9.17, 15) is 14.9 Å². The number of pyridine rings is 1. The Hall–Kier alpha value is -2.22. The molecule has 1 amide bonds. The molecule has 8 nitrogen and oxygen atoms in total. The first kappa shape index (κ1) is 14.8. The van der Waals surface area contributed by atoms with E-state index in [0.717, 1.165) is 12.3 Å². The van der Waals surface area contributed by atoms with Crippen molar-refractivity contribution >= 4 is 17.4 Å². The van der Waals surface area contributed by atoms with Crippen LogP contribution in [0.25, 0.3) is 0 Å². The smallest absolute Gasteiger partial charge is 0.288 e. The normalized spacial score (nSPS) is 12.2. The fourth-order valence-electron chi connectivity index (χ4n) is 1.53. The fraction of sp³-hybridized carbons (Fsp3) is 0.455. The number of carbonyl (C=O) groups excluding carboxylic acids is 1. The van der Waals surface area contributed by atoms with Crippen molar-refractivity contribution in [2.24, 2.45) is 17.4 Å². The van der Waals surface area contributed by atoms with Crippen molar-refractivity contribution < 1.29 is 9.72 Å². The van der Waals surface area contributed by atoms with Gasteiger partial charge in [0.15, 0.2) is 0 Å². The molecule has 0 saturated carbocycles. The summed E-state index contributed by atoms with van der Waals surface area (Å²) in [5.74, 6) is -0.358. The molecule has 5 N–H and O–H groups in total. The van der Waals surface area contributed by atoms with Gasteiger partial charge in [0, 0.05) is 18.7 Å². The summed E-state index contributed by atoms with van der Waals surface area (Å²) in [5.41, 5.74) is 10.5. The maximum atomic E-state index is 11.3. The third kappa shape index (κ3) is 3.62. The second-order valence-corrected chi connectivity index (χ2v) is 4.44. The molecule has 1 rings (SSSR count). The summed E-state index contributed by atoms with van der Waals surface area (Å²) in [6, 6.07) is 0.998. The molecule has 0 aromatic carbocycles. The summed E-state index contributed by atoms with van der Waals surface area (Å²) in [5, 5.41) is 13.6. The average Bonchev–Trinajstić information content (AvgIpc) is 2.35. The van der Waals surface area contributed by atoms with E-state index >= 15 is 0 Å². The number of amides is 1. The number of hydrogen-bond acceptors (Lipinski definition) is 6. The SMILES string of the molecule is CC(C)C(CN)Nc1ncc([N+](=O)[O-])cc1C(N)=O. The van der Waals surface area contributed by atoms with Crippen LogP contribution < -0.4 is 16.8 Å². The molecule has 1 atom stereocenters. The van der Waals surface area contributed by atoms with Crippen LogP contribution in [0.5, 0.6) is 0 Å². The van der Waals surface area contributed by atoms with E-state index in [1.807, 2.05) is 13.8 Å². The molecule has 0 bridgehead atoms. The molecule has 0 radical (unpaired) electrons. The van der Waals surface area contributed by atoms with E-state index in [1.165, 1.54) is 0 Å². The maximum Gasteiger partial charge on any atom is 0.288 e. The van der Waals surface area contributed by atoms with Gasteiger partial charge in [-0.05, 0) is 5.92 Å². The number of rotatable bonds is 6. The van der Waals surface area contributed by atoms with Gasteiger partial charge in [0.1, 0.15) is 12.0 Å². The molecule has 1 aromatic heterocycles. The van der Waals surface area contributed by atoms with Crippen molar-refractivity contribution in [3.63, 3.8) is 0 Å². The second kappa shape index (κ2) is 6.10. The molecule has 0 aliphatic carbocycles. The van der Waals surface area contributed by atoms with E-state index in [4.69, 9.17) is 11.5 Å². The van der Waals surface area contributed by atoms with Gasteiger partial charge >= 0.3 is 0 Å². The number of nitro groups is 1. The third-order valence-electron chi connectivity index (χ3n) is 2.73. The Morgan fingerprint density at radius 2 is 2.21 bits per heavy atom. The number of carbonyl (C=O) groups is 1. The molecule has 1 aromatic rings. The quantitative estimate of drug-likeness (QED) is 0.506. The fourth-order valence-corrected chi connectivity index (χ4v) is 1.53. The molecule has 104 valence electrons. The van der Waals surface area contributed by atoms with Gasteiger partial charge in [-0.25, -0.2) is 4.98 Å². The average molecular weight is 267 g/mol. The Kier molecular flexibility index (Phi) is 4.76. The Morgan fingerprint density at radius 3 is 2.63 bits per heavy atom. The minimum atomic E-state index is -0.779. The summed E-state index contributed by atoms with van der Waals surface area (Å²) in [6.45, 7) is 4.26. The highest BCUT2D eigenvalue weighted by atomic mass is 16.6. The molecule has 1 unspecified atom stereocenters. The number of hydrogen-bond donors (Lipinski definition) is 3. The highest BCUT2D eigenvalue weighted by molar-refractivity contribution is 5.98. The highest BCUT2D eigenvalue weighted by Crippen LogP contribution is 2.20. The lowest BCUT2D eigenvalue weighted by Crippen LogP contribution is -2.35. The van der Waals surface area contributed by atoms with Crippen LogP contribution in [-0.4, -0.2) is 28.4 Å². The highest BCUT2D eigenvalue weighted by Gasteiger charge is 2.19. The summed E-state index contributed by atoms with van der Waals surface area (Å²) < 4.78 is 0. The largest absolute Gasteiger partial charge is 0.365 e. The molecule has 8 heteroatoms. The lowest BCUT2D eigenvalue weighted by molar-refractivity contribution is -0.385. The van der Waals surface area contributed by atoms with Gasteiger partial charge in [-0.1, -0.05) is 13.8 Å².